The maximum atomic E-state index is 13.4. The van der Waals surface area contributed by atoms with Crippen LogP contribution in [0.2, 0.25) is 0 Å². The van der Waals surface area contributed by atoms with E-state index < -0.39 is 0 Å². The third-order valence-electron chi connectivity index (χ3n) is 8.64. The van der Waals surface area contributed by atoms with Gasteiger partial charge in [0, 0.05) is 37.4 Å². The first-order valence-corrected chi connectivity index (χ1v) is 13.3. The van der Waals surface area contributed by atoms with Gasteiger partial charge in [0.05, 0.1) is 13.0 Å². The quantitative estimate of drug-likeness (QED) is 0.525. The third-order valence-corrected chi connectivity index (χ3v) is 8.64. The summed E-state index contributed by atoms with van der Waals surface area (Å²) in [7, 11) is 1.66. The molecule has 6 heteroatoms. The van der Waals surface area contributed by atoms with Crippen LogP contribution < -0.4 is 10.1 Å². The van der Waals surface area contributed by atoms with Gasteiger partial charge in [0.1, 0.15) is 11.5 Å². The van der Waals surface area contributed by atoms with Crippen LogP contribution >= 0.6 is 0 Å². The Balaban J connectivity index is 1.18. The smallest absolute Gasteiger partial charge is 0.226 e. The first-order valence-electron chi connectivity index (χ1n) is 13.3. The number of hydrogen-bond donors (Lipinski definition) is 2. The molecule has 2 saturated carbocycles. The van der Waals surface area contributed by atoms with Crippen molar-refractivity contribution in [3.8, 4) is 23.3 Å². The van der Waals surface area contributed by atoms with Crippen molar-refractivity contribution in [2.24, 2.45) is 17.3 Å². The largest absolute Gasteiger partial charge is 0.508 e. The van der Waals surface area contributed by atoms with E-state index in [2.05, 4.69) is 34.2 Å². The van der Waals surface area contributed by atoms with Gasteiger partial charge >= 0.3 is 0 Å². The van der Waals surface area contributed by atoms with Crippen LogP contribution in [-0.4, -0.2) is 48.6 Å². The number of phenols is 1. The van der Waals surface area contributed by atoms with E-state index in [1.54, 1.807) is 26.2 Å². The topological polar surface area (TPSA) is 78.9 Å². The maximum Gasteiger partial charge on any atom is 0.226 e. The van der Waals surface area contributed by atoms with Crippen molar-refractivity contribution in [2.75, 3.05) is 26.7 Å². The number of benzene rings is 2. The Hall–Kier alpha value is -3.46. The van der Waals surface area contributed by atoms with E-state index >= 15 is 0 Å². The number of likely N-dealkylation sites (tertiary alicyclic amines) is 1. The van der Waals surface area contributed by atoms with Gasteiger partial charge in [-0.25, -0.2) is 0 Å². The van der Waals surface area contributed by atoms with Gasteiger partial charge in [-0.2, -0.15) is 0 Å². The number of carbonyl (C=O) groups is 2. The molecule has 2 N–H and O–H groups in total. The van der Waals surface area contributed by atoms with E-state index in [1.165, 1.54) is 5.56 Å². The fourth-order valence-corrected chi connectivity index (χ4v) is 6.46. The molecule has 1 heterocycles. The first-order chi connectivity index (χ1) is 17.9. The molecule has 2 aromatic carbocycles. The van der Waals surface area contributed by atoms with Gasteiger partial charge in [0.15, 0.2) is 0 Å². The van der Waals surface area contributed by atoms with E-state index in [0.717, 1.165) is 50.1 Å². The summed E-state index contributed by atoms with van der Waals surface area (Å²) in [5, 5.41) is 12.8. The van der Waals surface area contributed by atoms with Crippen LogP contribution in [0.15, 0.2) is 48.5 Å². The summed E-state index contributed by atoms with van der Waals surface area (Å²) in [5.74, 6) is 7.94. The summed E-state index contributed by atoms with van der Waals surface area (Å²) >= 11 is 0. The summed E-state index contributed by atoms with van der Waals surface area (Å²) in [5.41, 5.74) is 2.10. The normalized spacial score (nSPS) is 26.5. The zero-order chi connectivity index (χ0) is 26.0. The van der Waals surface area contributed by atoms with Gasteiger partial charge in [-0.15, -0.1) is 5.92 Å². The molecule has 3 aliphatic rings. The lowest BCUT2D eigenvalue weighted by Crippen LogP contribution is -2.41. The van der Waals surface area contributed by atoms with Crippen LogP contribution in [0.1, 0.15) is 62.0 Å². The Morgan fingerprint density at radius 1 is 1.19 bits per heavy atom. The molecule has 194 valence electrons. The number of ether oxygens (including phenoxy) is 1. The number of nitrogens with one attached hydrogen (secondary N) is 1. The Kier molecular flexibility index (Phi) is 7.15. The fraction of sp³-hybridized carbons (Fsp3) is 0.484. The minimum absolute atomic E-state index is 0.0209. The second kappa shape index (κ2) is 10.5. The Morgan fingerprint density at radius 3 is 2.65 bits per heavy atom. The average Bonchev–Trinajstić information content (AvgIpc) is 3.49. The zero-order valence-electron chi connectivity index (χ0n) is 21.7. The van der Waals surface area contributed by atoms with Crippen LogP contribution in [0.5, 0.6) is 11.5 Å². The number of aromatic hydroxyl groups is 1. The van der Waals surface area contributed by atoms with Gasteiger partial charge in [-0.05, 0) is 73.4 Å². The average molecular weight is 501 g/mol. The minimum Gasteiger partial charge on any atom is -0.508 e. The lowest BCUT2D eigenvalue weighted by Gasteiger charge is -2.29. The van der Waals surface area contributed by atoms with Crippen molar-refractivity contribution < 1.29 is 19.4 Å². The van der Waals surface area contributed by atoms with Crippen molar-refractivity contribution in [3.63, 3.8) is 0 Å². The molecular weight excluding hydrogens is 464 g/mol. The highest BCUT2D eigenvalue weighted by Crippen LogP contribution is 2.53. The Bertz CT molecular complexity index is 1200. The van der Waals surface area contributed by atoms with Crippen LogP contribution in [-0.2, 0) is 9.59 Å². The number of hydrogen-bond acceptors (Lipinski definition) is 4. The van der Waals surface area contributed by atoms with Gasteiger partial charge in [-0.1, -0.05) is 36.6 Å². The Morgan fingerprint density at radius 2 is 1.95 bits per heavy atom. The molecule has 0 aromatic heterocycles. The highest BCUT2D eigenvalue weighted by molar-refractivity contribution is 5.83. The van der Waals surface area contributed by atoms with Gasteiger partial charge in [0.25, 0.3) is 0 Å². The molecule has 3 fully saturated rings. The number of carbonyl (C=O) groups excluding carboxylic acids is 2. The van der Waals surface area contributed by atoms with E-state index in [9.17, 15) is 14.7 Å². The molecule has 5 rings (SSSR count). The number of amides is 2. The number of rotatable bonds is 8. The molecular formula is C31H36N2O4. The molecule has 2 aliphatic carbocycles. The molecule has 6 nitrogen and oxygen atoms in total. The molecule has 2 amide bonds. The summed E-state index contributed by atoms with van der Waals surface area (Å²) < 4.78 is 5.26. The standard InChI is InChI=1S/C31H36N2O4/c1-3-5-23(21-7-11-25(34)12-8-21)16-29(35)32-19-31-15-4-6-24(31)18-33(20-31)30(36)28-17-27(28)22-9-13-26(37-2)14-10-22/h7-14,23-24,27-28,34H,4,6,15-20H2,1-2H3,(H,32,35)/t23-,24-,27?,28?,31-/m0/s1. The summed E-state index contributed by atoms with van der Waals surface area (Å²) in [6.07, 6.45) is 4.50. The van der Waals surface area contributed by atoms with Crippen molar-refractivity contribution in [3.05, 3.63) is 59.7 Å². The van der Waals surface area contributed by atoms with E-state index in [4.69, 9.17) is 4.74 Å². The van der Waals surface area contributed by atoms with Crippen molar-refractivity contribution in [1.29, 1.82) is 0 Å². The van der Waals surface area contributed by atoms with Crippen LogP contribution in [0.3, 0.4) is 0 Å². The summed E-state index contributed by atoms with van der Waals surface area (Å²) in [4.78, 5) is 28.5. The number of nitrogens with zero attached hydrogens (tertiary/aromatic N) is 1. The second-order valence-corrected chi connectivity index (χ2v) is 10.9. The molecule has 37 heavy (non-hydrogen) atoms. The number of phenolic OH excluding ortho intramolecular Hbond substituents is 1. The Labute approximate surface area is 219 Å². The molecule has 0 radical (unpaired) electrons. The van der Waals surface area contributed by atoms with Gasteiger partial charge in [0.2, 0.25) is 11.8 Å². The molecule has 2 aromatic rings. The molecule has 0 bridgehead atoms. The third kappa shape index (κ3) is 5.32. The van der Waals surface area contributed by atoms with E-state index in [1.807, 2.05) is 24.3 Å². The van der Waals surface area contributed by atoms with Crippen LogP contribution in [0.4, 0.5) is 0 Å². The lowest BCUT2D eigenvalue weighted by atomic mass is 9.80. The minimum atomic E-state index is -0.214. The SMILES string of the molecule is CC#C[C@@H](CC(=O)NC[C@]12CCC[C@H]1CN(C(=O)C1CC1c1ccc(OC)cc1)C2)c1ccc(O)cc1. The highest BCUT2D eigenvalue weighted by Gasteiger charge is 2.54. The van der Waals surface area contributed by atoms with E-state index in [-0.39, 0.29) is 41.2 Å². The fourth-order valence-electron chi connectivity index (χ4n) is 6.46. The maximum absolute atomic E-state index is 13.4. The van der Waals surface area contributed by atoms with Gasteiger partial charge < -0.3 is 20.1 Å². The first kappa shape index (κ1) is 25.2. The summed E-state index contributed by atoms with van der Waals surface area (Å²) in [6, 6.07) is 15.0. The molecule has 1 saturated heterocycles. The van der Waals surface area contributed by atoms with Crippen molar-refractivity contribution in [2.45, 2.75) is 50.9 Å². The second-order valence-electron chi connectivity index (χ2n) is 10.9. The molecule has 5 atom stereocenters. The van der Waals surface area contributed by atoms with Gasteiger partial charge in [-0.3, -0.25) is 9.59 Å². The summed E-state index contributed by atoms with van der Waals surface area (Å²) in [6.45, 7) is 3.92. The van der Waals surface area contributed by atoms with Crippen molar-refractivity contribution in [1.82, 2.24) is 10.2 Å². The number of fused-ring (bicyclic) bond motifs is 1. The van der Waals surface area contributed by atoms with E-state index in [0.29, 0.717) is 18.4 Å². The molecule has 1 aliphatic heterocycles. The monoisotopic (exact) mass is 500 g/mol. The highest BCUT2D eigenvalue weighted by atomic mass is 16.5. The predicted octanol–water partition coefficient (Wildman–Crippen LogP) is 4.45. The molecule has 0 spiro atoms. The number of methoxy groups -OCH3 is 1. The van der Waals surface area contributed by atoms with Crippen LogP contribution in [0, 0.1) is 29.1 Å². The molecule has 2 unspecified atom stereocenters. The zero-order valence-corrected chi connectivity index (χ0v) is 21.7. The predicted molar refractivity (Wildman–Crippen MR) is 142 cm³/mol. The lowest BCUT2D eigenvalue weighted by molar-refractivity contribution is -0.132. The van der Waals surface area contributed by atoms with Crippen molar-refractivity contribution >= 4 is 11.8 Å². The van der Waals surface area contributed by atoms with Crippen LogP contribution in [0.25, 0.3) is 0 Å².